The van der Waals surface area contributed by atoms with Gasteiger partial charge in [-0.25, -0.2) is 0 Å². The number of hydrogen-bond donors (Lipinski definition) is 0. The third kappa shape index (κ3) is 6.30. The van der Waals surface area contributed by atoms with Gasteiger partial charge in [0.1, 0.15) is 0 Å². The van der Waals surface area contributed by atoms with Crippen molar-refractivity contribution in [3.8, 4) is 11.8 Å². The molecule has 0 aromatic rings. The van der Waals surface area contributed by atoms with Gasteiger partial charge < -0.3 is 0 Å². The Hall–Kier alpha value is 0.0987. The Balaban J connectivity index is 4.54. The summed E-state index contributed by atoms with van der Waals surface area (Å²) in [7, 11) is 0. The second-order valence-corrected chi connectivity index (χ2v) is 20.1. The second-order valence-electron chi connectivity index (χ2n) is 5.28. The average molecular weight is 313 g/mol. The monoisotopic (exact) mass is 314 g/mol. The van der Waals surface area contributed by atoms with E-state index in [1.165, 1.54) is 13.3 Å². The zero-order valence-electron chi connectivity index (χ0n) is 11.3. The summed E-state index contributed by atoms with van der Waals surface area (Å²) >= 11 is -1.85. The van der Waals surface area contributed by atoms with Crippen LogP contribution in [0.15, 0.2) is 10.2 Å². The van der Waals surface area contributed by atoms with Crippen molar-refractivity contribution in [2.24, 2.45) is 5.41 Å². The number of rotatable bonds is 4. The first-order chi connectivity index (χ1) is 6.89. The van der Waals surface area contributed by atoms with Gasteiger partial charge in [-0.05, 0) is 0 Å². The van der Waals surface area contributed by atoms with E-state index in [9.17, 15) is 0 Å². The zero-order valence-corrected chi connectivity index (χ0v) is 14.1. The van der Waals surface area contributed by atoms with Crippen LogP contribution >= 0.6 is 0 Å². The minimum atomic E-state index is -1.85. The molecule has 0 rings (SSSR count). The van der Waals surface area contributed by atoms with Gasteiger partial charge in [0.2, 0.25) is 0 Å². The number of hydrogen-bond acceptors (Lipinski definition) is 0. The fourth-order valence-electron chi connectivity index (χ4n) is 1.58. The summed E-state index contributed by atoms with van der Waals surface area (Å²) in [6.07, 6.45) is 2.14. The van der Waals surface area contributed by atoms with Gasteiger partial charge in [0.15, 0.2) is 0 Å². The molecule has 0 aromatic heterocycles. The van der Waals surface area contributed by atoms with Crippen LogP contribution in [0.1, 0.15) is 41.5 Å². The van der Waals surface area contributed by atoms with Gasteiger partial charge in [0, 0.05) is 0 Å². The molecule has 86 valence electrons. The molecular weight excluding hydrogens is 287 g/mol. The molecule has 0 nitrogen and oxygen atoms in total. The van der Waals surface area contributed by atoms with Crippen LogP contribution in [0, 0.1) is 17.3 Å². The molecule has 0 fully saturated rings. The van der Waals surface area contributed by atoms with E-state index in [1.807, 2.05) is 0 Å². The normalized spacial score (nSPS) is 12.7. The molecule has 0 aliphatic rings. The standard InChI is InChI=1S/C8H11.3C2H5.Sn/c1-5-6-7-8(2,3)4;3*1-2;/h1,5H,2-4H3;3*1H2,2H3;. The van der Waals surface area contributed by atoms with Crippen LogP contribution in [0.2, 0.25) is 13.3 Å². The van der Waals surface area contributed by atoms with Crippen LogP contribution in [0.25, 0.3) is 0 Å². The van der Waals surface area contributed by atoms with E-state index in [0.717, 1.165) is 0 Å². The molecule has 15 heavy (non-hydrogen) atoms. The van der Waals surface area contributed by atoms with Crippen molar-refractivity contribution in [2.45, 2.75) is 54.9 Å². The summed E-state index contributed by atoms with van der Waals surface area (Å²) in [5.74, 6) is 6.47. The Morgan fingerprint density at radius 1 is 1.00 bits per heavy atom. The van der Waals surface area contributed by atoms with Gasteiger partial charge >= 0.3 is 101 Å². The fraction of sp³-hybridized carbons (Fsp3) is 0.714. The SMILES string of the molecule is C[CH2][Sn]([CH]=CC#CC(C)(C)C)([CH2]C)[CH2]C. The molecule has 0 amide bonds. The van der Waals surface area contributed by atoms with Crippen LogP contribution in [0.3, 0.4) is 0 Å². The van der Waals surface area contributed by atoms with Crippen molar-refractivity contribution in [2.75, 3.05) is 0 Å². The summed E-state index contributed by atoms with van der Waals surface area (Å²) in [4.78, 5) is 0. The third-order valence-corrected chi connectivity index (χ3v) is 17.6. The van der Waals surface area contributed by atoms with Crippen molar-refractivity contribution < 1.29 is 0 Å². The summed E-state index contributed by atoms with van der Waals surface area (Å²) < 4.78 is 6.74. The van der Waals surface area contributed by atoms with Gasteiger partial charge in [0.05, 0.1) is 0 Å². The van der Waals surface area contributed by atoms with E-state index in [-0.39, 0.29) is 5.41 Å². The summed E-state index contributed by atoms with van der Waals surface area (Å²) in [5.41, 5.74) is 0.132. The van der Waals surface area contributed by atoms with E-state index in [1.54, 1.807) is 0 Å². The predicted molar refractivity (Wildman–Crippen MR) is 73.6 cm³/mol. The van der Waals surface area contributed by atoms with Crippen LogP contribution in [0.4, 0.5) is 0 Å². The molecule has 0 unspecified atom stereocenters. The Labute approximate surface area is 100 Å². The summed E-state index contributed by atoms with van der Waals surface area (Å²) in [6, 6.07) is 0. The van der Waals surface area contributed by atoms with Crippen LogP contribution in [-0.4, -0.2) is 18.4 Å². The predicted octanol–water partition coefficient (Wildman–Crippen LogP) is 4.64. The molecule has 1 heteroatoms. The van der Waals surface area contributed by atoms with E-state index < -0.39 is 18.4 Å². The molecule has 0 radical (unpaired) electrons. The molecule has 0 N–H and O–H groups in total. The van der Waals surface area contributed by atoms with Crippen molar-refractivity contribution >= 4 is 18.4 Å². The molecule has 0 heterocycles. The van der Waals surface area contributed by atoms with Crippen molar-refractivity contribution in [3.63, 3.8) is 0 Å². The quantitative estimate of drug-likeness (QED) is 0.524. The van der Waals surface area contributed by atoms with Crippen molar-refractivity contribution in [1.29, 1.82) is 0 Å². The summed E-state index contributed by atoms with van der Waals surface area (Å²) in [5, 5.41) is 0. The first-order valence-electron chi connectivity index (χ1n) is 6.09. The first kappa shape index (κ1) is 15.1. The van der Waals surface area contributed by atoms with E-state index in [2.05, 4.69) is 63.6 Å². The molecule has 0 saturated carbocycles. The van der Waals surface area contributed by atoms with Crippen molar-refractivity contribution in [3.05, 3.63) is 10.2 Å². The molecule has 0 aliphatic carbocycles. The maximum absolute atomic E-state index is 3.26. The average Bonchev–Trinajstić information content (AvgIpc) is 2.18. The topological polar surface area (TPSA) is 0 Å². The van der Waals surface area contributed by atoms with E-state index in [0.29, 0.717) is 0 Å². The fourth-order valence-corrected chi connectivity index (χ4v) is 9.13. The van der Waals surface area contributed by atoms with Gasteiger partial charge in [-0.15, -0.1) is 0 Å². The third-order valence-electron chi connectivity index (χ3n) is 3.08. The van der Waals surface area contributed by atoms with Gasteiger partial charge in [-0.3, -0.25) is 0 Å². The molecular formula is C14H26Sn. The van der Waals surface area contributed by atoms with Gasteiger partial charge in [-0.1, -0.05) is 0 Å². The Morgan fingerprint density at radius 3 is 1.80 bits per heavy atom. The molecule has 0 atom stereocenters. The van der Waals surface area contributed by atoms with Crippen molar-refractivity contribution in [1.82, 2.24) is 0 Å². The Morgan fingerprint density at radius 2 is 1.47 bits per heavy atom. The molecule has 0 spiro atoms. The second kappa shape index (κ2) is 6.63. The minimum absolute atomic E-state index is 0.132. The van der Waals surface area contributed by atoms with Gasteiger partial charge in [-0.2, -0.15) is 0 Å². The molecule has 0 bridgehead atoms. The van der Waals surface area contributed by atoms with Crippen LogP contribution in [0.5, 0.6) is 0 Å². The van der Waals surface area contributed by atoms with Gasteiger partial charge in [0.25, 0.3) is 0 Å². The number of allylic oxidation sites excluding steroid dienone is 1. The molecule has 0 aliphatic heterocycles. The Kier molecular flexibility index (Phi) is 6.68. The van der Waals surface area contributed by atoms with E-state index in [4.69, 9.17) is 0 Å². The maximum atomic E-state index is 3.26. The molecule has 0 aromatic carbocycles. The Bertz CT molecular complexity index is 245. The molecule has 0 saturated heterocycles. The van der Waals surface area contributed by atoms with E-state index >= 15 is 0 Å². The van der Waals surface area contributed by atoms with Crippen LogP contribution < -0.4 is 0 Å². The summed E-state index contributed by atoms with van der Waals surface area (Å²) in [6.45, 7) is 13.5. The zero-order chi connectivity index (χ0) is 11.9. The first-order valence-corrected chi connectivity index (χ1v) is 13.8. The van der Waals surface area contributed by atoms with Crippen LogP contribution in [-0.2, 0) is 0 Å².